The minimum absolute atomic E-state index is 0.0262. The van der Waals surface area contributed by atoms with Crippen LogP contribution in [0.1, 0.15) is 35.7 Å². The Morgan fingerprint density at radius 2 is 1.81 bits per heavy atom. The number of carbonyl (C=O) groups is 1. The Labute approximate surface area is 183 Å². The molecule has 2 fully saturated rings. The van der Waals surface area contributed by atoms with Crippen LogP contribution >= 0.6 is 0 Å². The first kappa shape index (κ1) is 21.2. The minimum atomic E-state index is -0.360. The predicted octanol–water partition coefficient (Wildman–Crippen LogP) is 4.10. The van der Waals surface area contributed by atoms with E-state index in [4.69, 9.17) is 0 Å². The monoisotopic (exact) mass is 422 g/mol. The molecule has 2 aliphatic heterocycles. The maximum Gasteiger partial charge on any atom is 0.293 e. The number of aryl methyl sites for hydroxylation is 1. The van der Waals surface area contributed by atoms with Crippen molar-refractivity contribution in [1.82, 2.24) is 4.90 Å². The van der Waals surface area contributed by atoms with E-state index in [1.54, 1.807) is 17.0 Å². The third kappa shape index (κ3) is 4.65. The SMILES string of the molecule is Cc1cccc(N2CCN(C(=O)c3ccc(N4CCC[C@H](C)C4)c([N+](=O)[O-])c3)CC2)c1. The quantitative estimate of drug-likeness (QED) is 0.548. The maximum absolute atomic E-state index is 13.1. The summed E-state index contributed by atoms with van der Waals surface area (Å²) in [5.74, 6) is 0.380. The molecule has 31 heavy (non-hydrogen) atoms. The van der Waals surface area contributed by atoms with Gasteiger partial charge in [-0.1, -0.05) is 19.1 Å². The van der Waals surface area contributed by atoms with Crippen LogP contribution < -0.4 is 9.80 Å². The highest BCUT2D eigenvalue weighted by molar-refractivity contribution is 5.96. The molecular formula is C24H30N4O3. The van der Waals surface area contributed by atoms with Crippen LogP contribution in [0.25, 0.3) is 0 Å². The van der Waals surface area contributed by atoms with Gasteiger partial charge in [0.2, 0.25) is 0 Å². The van der Waals surface area contributed by atoms with Crippen LogP contribution in [0, 0.1) is 23.0 Å². The van der Waals surface area contributed by atoms with E-state index in [0.717, 1.165) is 39.0 Å². The van der Waals surface area contributed by atoms with Gasteiger partial charge in [0.1, 0.15) is 5.69 Å². The molecule has 2 heterocycles. The summed E-state index contributed by atoms with van der Waals surface area (Å²) in [7, 11) is 0. The van der Waals surface area contributed by atoms with E-state index in [1.807, 2.05) is 6.07 Å². The average molecular weight is 423 g/mol. The van der Waals surface area contributed by atoms with Gasteiger partial charge in [-0.05, 0) is 55.5 Å². The van der Waals surface area contributed by atoms with Crippen LogP contribution in [0.4, 0.5) is 17.1 Å². The summed E-state index contributed by atoms with van der Waals surface area (Å²) in [6.45, 7) is 8.59. The van der Waals surface area contributed by atoms with Crippen molar-refractivity contribution in [2.75, 3.05) is 49.1 Å². The highest BCUT2D eigenvalue weighted by atomic mass is 16.6. The number of nitro groups is 1. The largest absolute Gasteiger partial charge is 0.368 e. The molecule has 0 radical (unpaired) electrons. The second-order valence-corrected chi connectivity index (χ2v) is 8.77. The Bertz CT molecular complexity index is 969. The van der Waals surface area contributed by atoms with Gasteiger partial charge in [0.15, 0.2) is 0 Å². The first-order valence-electron chi connectivity index (χ1n) is 11.1. The molecular weight excluding hydrogens is 392 g/mol. The van der Waals surface area contributed by atoms with E-state index in [1.165, 1.54) is 17.3 Å². The van der Waals surface area contributed by atoms with Crippen molar-refractivity contribution < 1.29 is 9.72 Å². The first-order chi connectivity index (χ1) is 14.9. The molecule has 0 bridgehead atoms. The zero-order valence-electron chi connectivity index (χ0n) is 18.3. The van der Waals surface area contributed by atoms with Gasteiger partial charge in [-0.2, -0.15) is 0 Å². The molecule has 2 saturated heterocycles. The zero-order valence-corrected chi connectivity index (χ0v) is 18.3. The highest BCUT2D eigenvalue weighted by Gasteiger charge is 2.27. The lowest BCUT2D eigenvalue weighted by Gasteiger charge is -2.36. The number of amides is 1. The van der Waals surface area contributed by atoms with Crippen molar-refractivity contribution in [2.45, 2.75) is 26.7 Å². The van der Waals surface area contributed by atoms with Gasteiger partial charge >= 0.3 is 0 Å². The van der Waals surface area contributed by atoms with E-state index < -0.39 is 0 Å². The normalized spacial score (nSPS) is 19.4. The van der Waals surface area contributed by atoms with Crippen LogP contribution in [-0.2, 0) is 0 Å². The number of piperazine rings is 1. The van der Waals surface area contributed by atoms with Gasteiger partial charge in [-0.3, -0.25) is 14.9 Å². The summed E-state index contributed by atoms with van der Waals surface area (Å²) in [6, 6.07) is 13.3. The predicted molar refractivity (Wildman–Crippen MR) is 123 cm³/mol. The third-order valence-electron chi connectivity index (χ3n) is 6.35. The maximum atomic E-state index is 13.1. The lowest BCUT2D eigenvalue weighted by Crippen LogP contribution is -2.48. The van der Waals surface area contributed by atoms with Gasteiger partial charge < -0.3 is 14.7 Å². The first-order valence-corrected chi connectivity index (χ1v) is 11.1. The molecule has 0 unspecified atom stereocenters. The molecule has 0 aromatic heterocycles. The molecule has 164 valence electrons. The highest BCUT2D eigenvalue weighted by Crippen LogP contribution is 2.33. The van der Waals surface area contributed by atoms with Crippen molar-refractivity contribution >= 4 is 23.0 Å². The van der Waals surface area contributed by atoms with E-state index >= 15 is 0 Å². The topological polar surface area (TPSA) is 69.9 Å². The van der Waals surface area contributed by atoms with Gasteiger partial charge in [0.05, 0.1) is 4.92 Å². The number of nitro benzene ring substituents is 1. The van der Waals surface area contributed by atoms with Gasteiger partial charge in [-0.25, -0.2) is 0 Å². The Hall–Kier alpha value is -3.09. The molecule has 0 aliphatic carbocycles. The number of piperidine rings is 1. The molecule has 2 aromatic carbocycles. The summed E-state index contributed by atoms with van der Waals surface area (Å²) in [5, 5.41) is 11.8. The standard InChI is InChI=1S/C24H30N4O3/c1-18-5-3-7-21(15-18)25-11-13-26(14-12-25)24(29)20-8-9-22(23(16-20)28(30)31)27-10-4-6-19(2)17-27/h3,5,7-9,15-16,19H,4,6,10-14,17H2,1-2H3/t19-/m0/s1. The molecule has 0 saturated carbocycles. The Balaban J connectivity index is 1.47. The molecule has 1 amide bonds. The fourth-order valence-corrected chi connectivity index (χ4v) is 4.65. The molecule has 2 aromatic rings. The van der Waals surface area contributed by atoms with E-state index in [2.05, 4.69) is 41.8 Å². The van der Waals surface area contributed by atoms with Crippen molar-refractivity contribution in [3.05, 3.63) is 63.7 Å². The number of hydrogen-bond donors (Lipinski definition) is 0. The van der Waals surface area contributed by atoms with Crippen molar-refractivity contribution in [1.29, 1.82) is 0 Å². The fraction of sp³-hybridized carbons (Fsp3) is 0.458. The fourth-order valence-electron chi connectivity index (χ4n) is 4.65. The van der Waals surface area contributed by atoms with Crippen LogP contribution in [0.3, 0.4) is 0 Å². The number of nitrogens with zero attached hydrogens (tertiary/aromatic N) is 4. The van der Waals surface area contributed by atoms with Crippen molar-refractivity contribution in [2.24, 2.45) is 5.92 Å². The molecule has 4 rings (SSSR count). The molecule has 7 heteroatoms. The molecule has 0 spiro atoms. The van der Waals surface area contributed by atoms with Crippen molar-refractivity contribution in [3.8, 4) is 0 Å². The van der Waals surface area contributed by atoms with Crippen LogP contribution in [0.15, 0.2) is 42.5 Å². The van der Waals surface area contributed by atoms with E-state index in [9.17, 15) is 14.9 Å². The number of benzene rings is 2. The Morgan fingerprint density at radius 3 is 2.48 bits per heavy atom. The molecule has 1 atom stereocenters. The molecule has 2 aliphatic rings. The third-order valence-corrected chi connectivity index (χ3v) is 6.35. The van der Waals surface area contributed by atoms with Gasteiger partial charge in [0.25, 0.3) is 11.6 Å². The average Bonchev–Trinajstić information content (AvgIpc) is 2.78. The van der Waals surface area contributed by atoms with Crippen molar-refractivity contribution in [3.63, 3.8) is 0 Å². The lowest BCUT2D eigenvalue weighted by atomic mass is 9.99. The van der Waals surface area contributed by atoms with Gasteiger partial charge in [-0.15, -0.1) is 0 Å². The van der Waals surface area contributed by atoms with Crippen LogP contribution in [0.5, 0.6) is 0 Å². The van der Waals surface area contributed by atoms with Crippen LogP contribution in [-0.4, -0.2) is 55.0 Å². The number of rotatable bonds is 4. The Morgan fingerprint density at radius 1 is 1.03 bits per heavy atom. The summed E-state index contributed by atoms with van der Waals surface area (Å²) in [4.78, 5) is 30.7. The van der Waals surface area contributed by atoms with Gasteiger partial charge in [0, 0.05) is 56.6 Å². The zero-order chi connectivity index (χ0) is 22.0. The Kier molecular flexibility index (Phi) is 6.11. The summed E-state index contributed by atoms with van der Waals surface area (Å²) >= 11 is 0. The minimum Gasteiger partial charge on any atom is -0.368 e. The second-order valence-electron chi connectivity index (χ2n) is 8.77. The molecule has 7 nitrogen and oxygen atoms in total. The van der Waals surface area contributed by atoms with Crippen LogP contribution in [0.2, 0.25) is 0 Å². The summed E-state index contributed by atoms with van der Waals surface area (Å²) in [5.41, 5.74) is 3.43. The van der Waals surface area contributed by atoms with E-state index in [0.29, 0.717) is 30.3 Å². The smallest absolute Gasteiger partial charge is 0.293 e. The summed E-state index contributed by atoms with van der Waals surface area (Å²) < 4.78 is 0. The number of carbonyl (C=O) groups excluding carboxylic acids is 1. The number of anilines is 2. The summed E-state index contributed by atoms with van der Waals surface area (Å²) in [6.07, 6.45) is 2.18. The number of hydrogen-bond acceptors (Lipinski definition) is 5. The molecule has 0 N–H and O–H groups in total. The second kappa shape index (κ2) is 8.96. The lowest BCUT2D eigenvalue weighted by molar-refractivity contribution is -0.384. The van der Waals surface area contributed by atoms with E-state index in [-0.39, 0.29) is 16.5 Å².